The highest BCUT2D eigenvalue weighted by Gasteiger charge is 2.25. The molecule has 0 aliphatic heterocycles. The van der Waals surface area contributed by atoms with E-state index < -0.39 is 0 Å². The van der Waals surface area contributed by atoms with Gasteiger partial charge in [0.1, 0.15) is 0 Å². The van der Waals surface area contributed by atoms with Gasteiger partial charge in [0.05, 0.1) is 0 Å². The molecule has 0 heterocycles. The SMILES string of the molecule is CC(=O)NC1CCC(NC[C@@H]2CCc3ccccc32)CC1. The lowest BCUT2D eigenvalue weighted by Gasteiger charge is -2.30. The van der Waals surface area contributed by atoms with Crippen molar-refractivity contribution in [3.8, 4) is 0 Å². The topological polar surface area (TPSA) is 41.1 Å². The maximum atomic E-state index is 11.1. The van der Waals surface area contributed by atoms with E-state index >= 15 is 0 Å². The zero-order valence-corrected chi connectivity index (χ0v) is 12.9. The van der Waals surface area contributed by atoms with Crippen molar-refractivity contribution < 1.29 is 4.79 Å². The number of aryl methyl sites for hydroxylation is 1. The normalized spacial score (nSPS) is 28.1. The summed E-state index contributed by atoms with van der Waals surface area (Å²) in [6.45, 7) is 2.72. The Kier molecular flexibility index (Phi) is 4.59. The molecule has 2 N–H and O–H groups in total. The zero-order valence-electron chi connectivity index (χ0n) is 12.9. The Morgan fingerprint density at radius 1 is 1.10 bits per heavy atom. The third-order valence-corrected chi connectivity index (χ3v) is 5.04. The van der Waals surface area contributed by atoms with E-state index in [4.69, 9.17) is 0 Å². The lowest BCUT2D eigenvalue weighted by molar-refractivity contribution is -0.119. The highest BCUT2D eigenvalue weighted by atomic mass is 16.1. The molecule has 3 rings (SSSR count). The first-order valence-corrected chi connectivity index (χ1v) is 8.30. The molecule has 21 heavy (non-hydrogen) atoms. The summed E-state index contributed by atoms with van der Waals surface area (Å²) in [5.41, 5.74) is 3.09. The fourth-order valence-electron chi connectivity index (χ4n) is 3.90. The van der Waals surface area contributed by atoms with Gasteiger partial charge in [0.2, 0.25) is 5.91 Å². The van der Waals surface area contributed by atoms with Crippen molar-refractivity contribution >= 4 is 5.91 Å². The molecular weight excluding hydrogens is 260 g/mol. The summed E-state index contributed by atoms with van der Waals surface area (Å²) >= 11 is 0. The van der Waals surface area contributed by atoms with Gasteiger partial charge in [0.15, 0.2) is 0 Å². The molecule has 2 aliphatic carbocycles. The molecule has 0 saturated heterocycles. The summed E-state index contributed by atoms with van der Waals surface area (Å²) in [6.07, 6.45) is 7.10. The molecular formula is C18H26N2O. The predicted octanol–water partition coefficient (Wildman–Crippen LogP) is 2.75. The second-order valence-electron chi connectivity index (χ2n) is 6.59. The number of fused-ring (bicyclic) bond motifs is 1. The fourth-order valence-corrected chi connectivity index (χ4v) is 3.90. The number of hydrogen-bond donors (Lipinski definition) is 2. The minimum atomic E-state index is 0.106. The van der Waals surface area contributed by atoms with Crippen molar-refractivity contribution in [1.82, 2.24) is 10.6 Å². The Labute approximate surface area is 127 Å². The second-order valence-corrected chi connectivity index (χ2v) is 6.59. The Bertz CT molecular complexity index is 492. The van der Waals surface area contributed by atoms with Gasteiger partial charge in [-0.05, 0) is 55.6 Å². The van der Waals surface area contributed by atoms with E-state index in [9.17, 15) is 4.79 Å². The molecule has 1 aromatic carbocycles. The van der Waals surface area contributed by atoms with E-state index in [1.807, 2.05) is 0 Å². The quantitative estimate of drug-likeness (QED) is 0.893. The molecule has 0 spiro atoms. The summed E-state index contributed by atoms with van der Waals surface area (Å²) in [6, 6.07) is 9.90. The summed E-state index contributed by atoms with van der Waals surface area (Å²) in [4.78, 5) is 11.1. The van der Waals surface area contributed by atoms with Gasteiger partial charge in [-0.15, -0.1) is 0 Å². The predicted molar refractivity (Wildman–Crippen MR) is 85.4 cm³/mol. The van der Waals surface area contributed by atoms with E-state index in [2.05, 4.69) is 34.9 Å². The molecule has 114 valence electrons. The van der Waals surface area contributed by atoms with Crippen molar-refractivity contribution in [1.29, 1.82) is 0 Å². The van der Waals surface area contributed by atoms with Gasteiger partial charge < -0.3 is 10.6 Å². The van der Waals surface area contributed by atoms with E-state index in [1.54, 1.807) is 18.1 Å². The molecule has 2 aliphatic rings. The Hall–Kier alpha value is -1.35. The van der Waals surface area contributed by atoms with Crippen molar-refractivity contribution in [2.75, 3.05) is 6.54 Å². The summed E-state index contributed by atoms with van der Waals surface area (Å²) in [5, 5.41) is 6.81. The maximum absolute atomic E-state index is 11.1. The highest BCUT2D eigenvalue weighted by molar-refractivity contribution is 5.73. The first kappa shape index (κ1) is 14.6. The number of rotatable bonds is 4. The third-order valence-electron chi connectivity index (χ3n) is 5.04. The Morgan fingerprint density at radius 2 is 1.81 bits per heavy atom. The van der Waals surface area contributed by atoms with Crippen molar-refractivity contribution in [2.24, 2.45) is 0 Å². The number of benzene rings is 1. The average molecular weight is 286 g/mol. The average Bonchev–Trinajstić information content (AvgIpc) is 2.89. The molecule has 0 bridgehead atoms. The lowest BCUT2D eigenvalue weighted by Crippen LogP contribution is -2.42. The summed E-state index contributed by atoms with van der Waals surface area (Å²) < 4.78 is 0. The second kappa shape index (κ2) is 6.61. The highest BCUT2D eigenvalue weighted by Crippen LogP contribution is 2.32. The van der Waals surface area contributed by atoms with Crippen LogP contribution in [0, 0.1) is 0 Å². The van der Waals surface area contributed by atoms with E-state index in [1.165, 1.54) is 25.7 Å². The van der Waals surface area contributed by atoms with Crippen LogP contribution in [0.3, 0.4) is 0 Å². The zero-order chi connectivity index (χ0) is 14.7. The number of carbonyl (C=O) groups is 1. The van der Waals surface area contributed by atoms with Crippen LogP contribution in [-0.2, 0) is 11.2 Å². The molecule has 3 heteroatoms. The van der Waals surface area contributed by atoms with E-state index in [-0.39, 0.29) is 5.91 Å². The largest absolute Gasteiger partial charge is 0.354 e. The molecule has 1 saturated carbocycles. The molecule has 1 fully saturated rings. The molecule has 1 atom stereocenters. The van der Waals surface area contributed by atoms with Crippen LogP contribution in [0.25, 0.3) is 0 Å². The third kappa shape index (κ3) is 3.65. The molecule has 0 aromatic heterocycles. The first-order valence-electron chi connectivity index (χ1n) is 8.30. The fraction of sp³-hybridized carbons (Fsp3) is 0.611. The first-order chi connectivity index (χ1) is 10.2. The standard InChI is InChI=1S/C18H26N2O/c1-13(21)20-17-10-8-16(9-11-17)19-12-15-7-6-14-4-2-3-5-18(14)15/h2-5,15-17,19H,6-12H2,1H3,(H,20,21)/t15-,16?,17?/m0/s1. The number of amides is 1. The number of hydrogen-bond acceptors (Lipinski definition) is 2. The van der Waals surface area contributed by atoms with Gasteiger partial charge in [-0.2, -0.15) is 0 Å². The van der Waals surface area contributed by atoms with Crippen LogP contribution in [0.2, 0.25) is 0 Å². The van der Waals surface area contributed by atoms with Crippen molar-refractivity contribution in [2.45, 2.75) is 63.5 Å². The van der Waals surface area contributed by atoms with Crippen LogP contribution in [0.4, 0.5) is 0 Å². The van der Waals surface area contributed by atoms with Crippen LogP contribution in [0.1, 0.15) is 56.1 Å². The van der Waals surface area contributed by atoms with Gasteiger partial charge in [-0.25, -0.2) is 0 Å². The number of carbonyl (C=O) groups excluding carboxylic acids is 1. The molecule has 1 aromatic rings. The van der Waals surface area contributed by atoms with Crippen LogP contribution >= 0.6 is 0 Å². The molecule has 0 radical (unpaired) electrons. The smallest absolute Gasteiger partial charge is 0.217 e. The van der Waals surface area contributed by atoms with E-state index in [0.717, 1.165) is 19.4 Å². The van der Waals surface area contributed by atoms with Gasteiger partial charge in [0.25, 0.3) is 0 Å². The summed E-state index contributed by atoms with van der Waals surface area (Å²) in [5.74, 6) is 0.795. The lowest BCUT2D eigenvalue weighted by atomic mass is 9.90. The Morgan fingerprint density at radius 3 is 2.57 bits per heavy atom. The van der Waals surface area contributed by atoms with E-state index in [0.29, 0.717) is 18.0 Å². The molecule has 0 unspecified atom stereocenters. The van der Waals surface area contributed by atoms with Gasteiger partial charge in [-0.3, -0.25) is 4.79 Å². The molecule has 1 amide bonds. The Balaban J connectivity index is 1.44. The van der Waals surface area contributed by atoms with Gasteiger partial charge >= 0.3 is 0 Å². The summed E-state index contributed by atoms with van der Waals surface area (Å²) in [7, 11) is 0. The maximum Gasteiger partial charge on any atom is 0.217 e. The van der Waals surface area contributed by atoms with Crippen LogP contribution in [0.5, 0.6) is 0 Å². The van der Waals surface area contributed by atoms with Crippen LogP contribution in [-0.4, -0.2) is 24.5 Å². The van der Waals surface area contributed by atoms with Crippen molar-refractivity contribution in [3.05, 3.63) is 35.4 Å². The number of nitrogens with one attached hydrogen (secondary N) is 2. The molecule has 3 nitrogen and oxygen atoms in total. The van der Waals surface area contributed by atoms with Gasteiger partial charge in [-0.1, -0.05) is 24.3 Å². The van der Waals surface area contributed by atoms with Crippen LogP contribution < -0.4 is 10.6 Å². The monoisotopic (exact) mass is 286 g/mol. The minimum Gasteiger partial charge on any atom is -0.354 e. The minimum absolute atomic E-state index is 0.106. The van der Waals surface area contributed by atoms with Crippen molar-refractivity contribution in [3.63, 3.8) is 0 Å². The van der Waals surface area contributed by atoms with Crippen LogP contribution in [0.15, 0.2) is 24.3 Å². The van der Waals surface area contributed by atoms with Gasteiger partial charge in [0, 0.05) is 25.6 Å².